The van der Waals surface area contributed by atoms with Crippen molar-refractivity contribution in [3.63, 3.8) is 0 Å². The van der Waals surface area contributed by atoms with E-state index in [1.54, 1.807) is 0 Å². The molecule has 1 aromatic heterocycles. The number of aromatic nitrogens is 1. The van der Waals surface area contributed by atoms with Crippen molar-refractivity contribution in [1.29, 1.82) is 0 Å². The van der Waals surface area contributed by atoms with Gasteiger partial charge in [0.2, 0.25) is 0 Å². The maximum Gasteiger partial charge on any atom is 0.490 e. The number of alkyl halides is 3. The van der Waals surface area contributed by atoms with Crippen molar-refractivity contribution in [2.24, 2.45) is 0 Å². The summed E-state index contributed by atoms with van der Waals surface area (Å²) in [6.07, 6.45) is -1.82. The topological polar surface area (TPSA) is 87.5 Å². The number of halogens is 4. The Morgan fingerprint density at radius 3 is 2.05 bits per heavy atom. The lowest BCUT2D eigenvalue weighted by Crippen LogP contribution is -2.21. The maximum atomic E-state index is 12.3. The number of pyridine rings is 1. The first-order chi connectivity index (χ1) is 8.62. The number of aliphatic carboxylic acids is 2. The standard InChI is InChI=1S/C8H6FNO2.C2HF3O2/c9-6-1-2-7(10-5-6)3-4-8(11)12;3-2(4,5)1(6)7/h1-5H,(H,11,12);(H,6,7)/b4-3+;. The lowest BCUT2D eigenvalue weighted by molar-refractivity contribution is -0.192. The predicted octanol–water partition coefficient (Wildman–Crippen LogP) is 1.95. The summed E-state index contributed by atoms with van der Waals surface area (Å²) < 4.78 is 44.0. The number of carboxylic acid groups (broad SMARTS) is 2. The monoisotopic (exact) mass is 281 g/mol. The molecule has 0 spiro atoms. The van der Waals surface area contributed by atoms with E-state index in [1.165, 1.54) is 18.2 Å². The first kappa shape index (κ1) is 16.6. The third-order valence-electron chi connectivity index (χ3n) is 1.39. The lowest BCUT2D eigenvalue weighted by Gasteiger charge is -1.93. The zero-order valence-corrected chi connectivity index (χ0v) is 9.06. The summed E-state index contributed by atoms with van der Waals surface area (Å²) in [4.78, 5) is 22.6. The summed E-state index contributed by atoms with van der Waals surface area (Å²) in [5, 5.41) is 15.4. The van der Waals surface area contributed by atoms with Crippen molar-refractivity contribution in [3.8, 4) is 0 Å². The van der Waals surface area contributed by atoms with E-state index in [0.29, 0.717) is 5.69 Å². The smallest absolute Gasteiger partial charge is 0.478 e. The minimum Gasteiger partial charge on any atom is -0.478 e. The van der Waals surface area contributed by atoms with Gasteiger partial charge in [-0.05, 0) is 18.2 Å². The largest absolute Gasteiger partial charge is 0.490 e. The number of carboxylic acids is 2. The molecule has 1 rings (SSSR count). The van der Waals surface area contributed by atoms with Gasteiger partial charge in [0, 0.05) is 6.08 Å². The van der Waals surface area contributed by atoms with E-state index < -0.39 is 23.9 Å². The number of carbonyl (C=O) groups is 2. The molecule has 0 aliphatic rings. The Hall–Kier alpha value is -2.45. The SMILES string of the molecule is O=C(O)/C=C/c1ccc(F)cn1.O=C(O)C(F)(F)F. The van der Waals surface area contributed by atoms with Gasteiger partial charge in [0.15, 0.2) is 0 Å². The van der Waals surface area contributed by atoms with Crippen LogP contribution in [0, 0.1) is 5.82 Å². The summed E-state index contributed by atoms with van der Waals surface area (Å²) in [5.74, 6) is -4.25. The molecule has 19 heavy (non-hydrogen) atoms. The van der Waals surface area contributed by atoms with E-state index in [1.807, 2.05) is 0 Å². The second kappa shape index (κ2) is 7.09. The Balaban J connectivity index is 0.000000399. The molecule has 0 aromatic carbocycles. The molecule has 0 aliphatic carbocycles. The highest BCUT2D eigenvalue weighted by atomic mass is 19.4. The van der Waals surface area contributed by atoms with E-state index in [4.69, 9.17) is 15.0 Å². The third-order valence-corrected chi connectivity index (χ3v) is 1.39. The molecule has 0 unspecified atom stereocenters. The van der Waals surface area contributed by atoms with Gasteiger partial charge >= 0.3 is 18.1 Å². The van der Waals surface area contributed by atoms with Crippen molar-refractivity contribution in [2.45, 2.75) is 6.18 Å². The quantitative estimate of drug-likeness (QED) is 0.639. The van der Waals surface area contributed by atoms with Gasteiger partial charge in [0.25, 0.3) is 0 Å². The highest BCUT2D eigenvalue weighted by molar-refractivity contribution is 5.84. The van der Waals surface area contributed by atoms with Crippen LogP contribution in [0.4, 0.5) is 17.6 Å². The molecule has 0 amide bonds. The highest BCUT2D eigenvalue weighted by Gasteiger charge is 2.38. The minimum absolute atomic E-state index is 0.416. The van der Waals surface area contributed by atoms with Crippen molar-refractivity contribution in [3.05, 3.63) is 35.9 Å². The van der Waals surface area contributed by atoms with Gasteiger partial charge in [-0.3, -0.25) is 4.98 Å². The Kier molecular flexibility index (Phi) is 6.17. The molecule has 9 heteroatoms. The fraction of sp³-hybridized carbons (Fsp3) is 0.100. The van der Waals surface area contributed by atoms with Gasteiger partial charge in [-0.2, -0.15) is 13.2 Å². The van der Waals surface area contributed by atoms with Crippen molar-refractivity contribution in [2.75, 3.05) is 0 Å². The highest BCUT2D eigenvalue weighted by Crippen LogP contribution is 2.13. The molecule has 0 atom stereocenters. The third kappa shape index (κ3) is 8.30. The van der Waals surface area contributed by atoms with Crippen molar-refractivity contribution < 1.29 is 37.4 Å². The molecule has 0 saturated carbocycles. The average Bonchev–Trinajstić information content (AvgIpc) is 2.27. The second-order valence-corrected chi connectivity index (χ2v) is 2.88. The van der Waals surface area contributed by atoms with Crippen LogP contribution in [0.2, 0.25) is 0 Å². The molecule has 1 aromatic rings. The van der Waals surface area contributed by atoms with E-state index in [2.05, 4.69) is 4.98 Å². The Labute approximate surface area is 103 Å². The summed E-state index contributed by atoms with van der Waals surface area (Å²) >= 11 is 0. The van der Waals surface area contributed by atoms with Crippen LogP contribution in [0.1, 0.15) is 5.69 Å². The first-order valence-electron chi connectivity index (χ1n) is 4.45. The van der Waals surface area contributed by atoms with Crippen LogP contribution >= 0.6 is 0 Å². The van der Waals surface area contributed by atoms with E-state index in [0.717, 1.165) is 12.3 Å². The number of hydrogen-bond acceptors (Lipinski definition) is 3. The molecule has 1 heterocycles. The fourth-order valence-corrected chi connectivity index (χ4v) is 0.643. The minimum atomic E-state index is -5.08. The van der Waals surface area contributed by atoms with Crippen molar-refractivity contribution in [1.82, 2.24) is 4.98 Å². The van der Waals surface area contributed by atoms with Gasteiger partial charge in [-0.15, -0.1) is 0 Å². The van der Waals surface area contributed by atoms with E-state index in [-0.39, 0.29) is 0 Å². The molecule has 0 saturated heterocycles. The molecule has 104 valence electrons. The van der Waals surface area contributed by atoms with Gasteiger partial charge in [0.05, 0.1) is 11.9 Å². The number of hydrogen-bond donors (Lipinski definition) is 2. The molecule has 0 fully saturated rings. The summed E-state index contributed by atoms with van der Waals surface area (Å²) in [6.45, 7) is 0. The second-order valence-electron chi connectivity index (χ2n) is 2.88. The van der Waals surface area contributed by atoms with Crippen LogP contribution < -0.4 is 0 Å². The molecular formula is C10H7F4NO4. The van der Waals surface area contributed by atoms with Crippen LogP contribution in [0.15, 0.2) is 24.4 Å². The molecular weight excluding hydrogens is 274 g/mol. The van der Waals surface area contributed by atoms with Crippen LogP contribution in [0.25, 0.3) is 6.08 Å². The maximum absolute atomic E-state index is 12.3. The Morgan fingerprint density at radius 1 is 1.21 bits per heavy atom. The summed E-state index contributed by atoms with van der Waals surface area (Å²) in [5.41, 5.74) is 0.416. The van der Waals surface area contributed by atoms with Gasteiger partial charge in [-0.25, -0.2) is 14.0 Å². The zero-order chi connectivity index (χ0) is 15.1. The van der Waals surface area contributed by atoms with Crippen LogP contribution in [0.5, 0.6) is 0 Å². The van der Waals surface area contributed by atoms with E-state index >= 15 is 0 Å². The Bertz CT molecular complexity index is 467. The zero-order valence-electron chi connectivity index (χ0n) is 9.06. The average molecular weight is 281 g/mol. The fourth-order valence-electron chi connectivity index (χ4n) is 0.643. The van der Waals surface area contributed by atoms with E-state index in [9.17, 15) is 22.4 Å². The number of nitrogens with zero attached hydrogens (tertiary/aromatic N) is 1. The molecule has 2 N–H and O–H groups in total. The van der Waals surface area contributed by atoms with Crippen LogP contribution in [-0.4, -0.2) is 33.3 Å². The van der Waals surface area contributed by atoms with Crippen molar-refractivity contribution >= 4 is 18.0 Å². The molecule has 0 radical (unpaired) electrons. The van der Waals surface area contributed by atoms with Gasteiger partial charge in [0.1, 0.15) is 5.82 Å². The van der Waals surface area contributed by atoms with Crippen LogP contribution in [-0.2, 0) is 9.59 Å². The normalized spacial score (nSPS) is 10.7. The van der Waals surface area contributed by atoms with Gasteiger partial charge in [-0.1, -0.05) is 0 Å². The molecule has 5 nitrogen and oxygen atoms in total. The molecule has 0 aliphatic heterocycles. The summed E-state index contributed by atoms with van der Waals surface area (Å²) in [7, 11) is 0. The predicted molar refractivity (Wildman–Crippen MR) is 54.6 cm³/mol. The first-order valence-corrected chi connectivity index (χ1v) is 4.45. The number of rotatable bonds is 2. The summed E-state index contributed by atoms with van der Waals surface area (Å²) in [6, 6.07) is 2.61. The Morgan fingerprint density at radius 2 is 1.74 bits per heavy atom. The molecule has 0 bridgehead atoms. The lowest BCUT2D eigenvalue weighted by atomic mass is 10.3. The van der Waals surface area contributed by atoms with Gasteiger partial charge < -0.3 is 10.2 Å². The van der Waals surface area contributed by atoms with Crippen LogP contribution in [0.3, 0.4) is 0 Å².